The molecule has 1 N–H and O–H groups in total. The maximum atomic E-state index is 13.0. The van der Waals surface area contributed by atoms with Gasteiger partial charge in [-0.15, -0.1) is 0 Å². The normalized spacial score (nSPS) is 17.9. The van der Waals surface area contributed by atoms with Crippen LogP contribution in [0.25, 0.3) is 0 Å². The zero-order chi connectivity index (χ0) is 23.6. The van der Waals surface area contributed by atoms with E-state index in [1.807, 2.05) is 60.3 Å². The molecule has 34 heavy (non-hydrogen) atoms. The number of carbonyl (C=O) groups excluding carboxylic acids is 2. The predicted molar refractivity (Wildman–Crippen MR) is 141 cm³/mol. The predicted octanol–water partition coefficient (Wildman–Crippen LogP) is 4.23. The zero-order valence-corrected chi connectivity index (χ0v) is 20.8. The molecule has 2 heterocycles. The van der Waals surface area contributed by atoms with Crippen molar-refractivity contribution in [2.45, 2.75) is 32.2 Å². The molecule has 2 aromatic carbocycles. The van der Waals surface area contributed by atoms with E-state index in [1.54, 1.807) is 0 Å². The summed E-state index contributed by atoms with van der Waals surface area (Å²) in [5.41, 5.74) is 2.26. The summed E-state index contributed by atoms with van der Waals surface area (Å²) in [7, 11) is 0. The monoisotopic (exact) mass is 479 g/mol. The van der Waals surface area contributed by atoms with Crippen LogP contribution in [0.2, 0.25) is 0 Å². The van der Waals surface area contributed by atoms with Crippen molar-refractivity contribution in [2.24, 2.45) is 11.8 Å². The molecule has 182 valence electrons. The number of thioether (sulfide) groups is 1. The average Bonchev–Trinajstić information content (AvgIpc) is 2.91. The molecule has 0 unspecified atom stereocenters. The average molecular weight is 480 g/mol. The Morgan fingerprint density at radius 2 is 1.53 bits per heavy atom. The second kappa shape index (κ2) is 13.0. The maximum absolute atomic E-state index is 13.0. The first-order valence-corrected chi connectivity index (χ1v) is 13.8. The van der Waals surface area contributed by atoms with E-state index < -0.39 is 0 Å². The van der Waals surface area contributed by atoms with Gasteiger partial charge in [0.15, 0.2) is 5.78 Å². The molecule has 0 bridgehead atoms. The molecule has 0 aliphatic carbocycles. The molecule has 5 nitrogen and oxygen atoms in total. The van der Waals surface area contributed by atoms with Gasteiger partial charge in [-0.1, -0.05) is 48.5 Å². The fourth-order valence-corrected chi connectivity index (χ4v) is 5.99. The second-order valence-electron chi connectivity index (χ2n) is 9.43. The van der Waals surface area contributed by atoms with E-state index in [-0.39, 0.29) is 17.7 Å². The summed E-state index contributed by atoms with van der Waals surface area (Å²) < 4.78 is 0. The smallest absolute Gasteiger partial charge is 0.223 e. The van der Waals surface area contributed by atoms with Gasteiger partial charge in [0.05, 0.1) is 6.54 Å². The van der Waals surface area contributed by atoms with Gasteiger partial charge in [-0.2, -0.15) is 11.8 Å². The SMILES string of the molecule is O=C(CN(CCN1CCC(C(=O)NCc2ccccc2)CC1)c1ccccc1)C1CCSCC1. The van der Waals surface area contributed by atoms with Crippen molar-refractivity contribution in [3.8, 4) is 0 Å². The number of likely N-dealkylation sites (tertiary alicyclic amines) is 1. The molecule has 2 aromatic rings. The van der Waals surface area contributed by atoms with Crippen molar-refractivity contribution >= 4 is 29.1 Å². The van der Waals surface area contributed by atoms with Crippen LogP contribution in [0.15, 0.2) is 60.7 Å². The number of anilines is 1. The summed E-state index contributed by atoms with van der Waals surface area (Å²) in [6.45, 7) is 4.71. The van der Waals surface area contributed by atoms with Crippen LogP contribution in [0.4, 0.5) is 5.69 Å². The number of nitrogens with one attached hydrogen (secondary N) is 1. The number of ketones is 1. The first-order valence-electron chi connectivity index (χ1n) is 12.6. The summed E-state index contributed by atoms with van der Waals surface area (Å²) in [5, 5.41) is 3.10. The number of para-hydroxylation sites is 1. The third-order valence-corrected chi connectivity index (χ3v) is 8.15. The maximum Gasteiger partial charge on any atom is 0.223 e. The Morgan fingerprint density at radius 3 is 2.21 bits per heavy atom. The standard InChI is InChI=1S/C28H37N3O2S/c32-27(24-13-19-34-20-14-24)22-31(26-9-5-2-6-10-26)18-17-30-15-11-25(12-16-30)28(33)29-21-23-7-3-1-4-8-23/h1-10,24-25H,11-22H2,(H,29,33). The van der Waals surface area contributed by atoms with Gasteiger partial charge in [0, 0.05) is 37.2 Å². The molecule has 6 heteroatoms. The number of Topliss-reactive ketones (excluding diaryl/α,β-unsaturated/α-hetero) is 1. The number of piperidine rings is 1. The molecule has 4 rings (SSSR count). The van der Waals surface area contributed by atoms with Crippen molar-refractivity contribution in [3.05, 3.63) is 66.2 Å². The number of amides is 1. The van der Waals surface area contributed by atoms with Gasteiger partial charge in [0.1, 0.15) is 0 Å². The second-order valence-corrected chi connectivity index (χ2v) is 10.7. The fourth-order valence-electron chi connectivity index (χ4n) is 4.89. The van der Waals surface area contributed by atoms with Crippen molar-refractivity contribution in [1.82, 2.24) is 10.2 Å². The minimum absolute atomic E-state index is 0.0935. The van der Waals surface area contributed by atoms with Crippen LogP contribution >= 0.6 is 11.8 Å². The van der Waals surface area contributed by atoms with E-state index >= 15 is 0 Å². The van der Waals surface area contributed by atoms with E-state index in [1.165, 1.54) is 0 Å². The van der Waals surface area contributed by atoms with E-state index in [9.17, 15) is 9.59 Å². The van der Waals surface area contributed by atoms with Gasteiger partial charge in [-0.05, 0) is 68.0 Å². The first-order chi connectivity index (χ1) is 16.7. The molecule has 0 radical (unpaired) electrons. The minimum atomic E-state index is 0.0935. The Kier molecular flexibility index (Phi) is 9.45. The van der Waals surface area contributed by atoms with Crippen LogP contribution in [0, 0.1) is 11.8 Å². The highest BCUT2D eigenvalue weighted by Gasteiger charge is 2.26. The van der Waals surface area contributed by atoms with Gasteiger partial charge in [-0.3, -0.25) is 9.59 Å². The molecule has 1 amide bonds. The van der Waals surface area contributed by atoms with Gasteiger partial charge in [0.25, 0.3) is 0 Å². The van der Waals surface area contributed by atoms with Gasteiger partial charge < -0.3 is 15.1 Å². The van der Waals surface area contributed by atoms with Crippen molar-refractivity contribution < 1.29 is 9.59 Å². The van der Waals surface area contributed by atoms with E-state index in [2.05, 4.69) is 27.2 Å². The lowest BCUT2D eigenvalue weighted by molar-refractivity contribution is -0.126. The van der Waals surface area contributed by atoms with Gasteiger partial charge in [0.2, 0.25) is 5.91 Å². The fraction of sp³-hybridized carbons (Fsp3) is 0.500. The van der Waals surface area contributed by atoms with E-state index in [0.717, 1.165) is 74.6 Å². The lowest BCUT2D eigenvalue weighted by Crippen LogP contribution is -2.44. The summed E-state index contributed by atoms with van der Waals surface area (Å²) in [5.74, 6) is 3.09. The summed E-state index contributed by atoms with van der Waals surface area (Å²) in [4.78, 5) is 30.3. The summed E-state index contributed by atoms with van der Waals surface area (Å²) >= 11 is 1.96. The molecule has 0 saturated carbocycles. The third kappa shape index (κ3) is 7.34. The Bertz CT molecular complexity index is 894. The zero-order valence-electron chi connectivity index (χ0n) is 20.0. The lowest BCUT2D eigenvalue weighted by atomic mass is 9.95. The quantitative estimate of drug-likeness (QED) is 0.553. The Balaban J connectivity index is 1.24. The number of nitrogens with zero attached hydrogens (tertiary/aromatic N) is 2. The highest BCUT2D eigenvalue weighted by Crippen LogP contribution is 2.25. The molecule has 0 atom stereocenters. The number of carbonyl (C=O) groups is 2. The highest BCUT2D eigenvalue weighted by molar-refractivity contribution is 7.99. The first kappa shape index (κ1) is 24.8. The lowest BCUT2D eigenvalue weighted by Gasteiger charge is -2.34. The van der Waals surface area contributed by atoms with Crippen LogP contribution in [-0.4, -0.2) is 60.8 Å². The van der Waals surface area contributed by atoms with Crippen LogP contribution in [-0.2, 0) is 16.1 Å². The minimum Gasteiger partial charge on any atom is -0.363 e. The number of hydrogen-bond donors (Lipinski definition) is 1. The van der Waals surface area contributed by atoms with Gasteiger partial charge in [-0.25, -0.2) is 0 Å². The molecule has 2 saturated heterocycles. The number of rotatable bonds is 10. The highest BCUT2D eigenvalue weighted by atomic mass is 32.2. The Hall–Kier alpha value is -2.31. The number of hydrogen-bond acceptors (Lipinski definition) is 5. The van der Waals surface area contributed by atoms with Gasteiger partial charge >= 0.3 is 0 Å². The largest absolute Gasteiger partial charge is 0.363 e. The summed E-state index contributed by atoms with van der Waals surface area (Å²) in [6, 6.07) is 20.4. The topological polar surface area (TPSA) is 52.7 Å². The molecule has 0 aromatic heterocycles. The number of benzene rings is 2. The molecular weight excluding hydrogens is 442 g/mol. The molecular formula is C28H37N3O2S. The third-order valence-electron chi connectivity index (χ3n) is 7.10. The Morgan fingerprint density at radius 1 is 0.882 bits per heavy atom. The summed E-state index contributed by atoms with van der Waals surface area (Å²) in [6.07, 6.45) is 3.83. The molecule has 2 aliphatic heterocycles. The van der Waals surface area contributed by atoms with Crippen molar-refractivity contribution in [3.63, 3.8) is 0 Å². The van der Waals surface area contributed by atoms with Crippen LogP contribution in [0.3, 0.4) is 0 Å². The van der Waals surface area contributed by atoms with Crippen molar-refractivity contribution in [1.29, 1.82) is 0 Å². The van der Waals surface area contributed by atoms with Crippen LogP contribution in [0.1, 0.15) is 31.2 Å². The van der Waals surface area contributed by atoms with Crippen LogP contribution < -0.4 is 10.2 Å². The van der Waals surface area contributed by atoms with Crippen LogP contribution in [0.5, 0.6) is 0 Å². The Labute approximate surface area is 208 Å². The van der Waals surface area contributed by atoms with E-state index in [0.29, 0.717) is 18.9 Å². The van der Waals surface area contributed by atoms with E-state index in [4.69, 9.17) is 0 Å². The molecule has 0 spiro atoms. The molecule has 2 fully saturated rings. The van der Waals surface area contributed by atoms with Crippen molar-refractivity contribution in [2.75, 3.05) is 49.1 Å². The molecule has 2 aliphatic rings.